The molecule has 0 radical (unpaired) electrons. The van der Waals surface area contributed by atoms with Gasteiger partial charge >= 0.3 is 6.18 Å². The molecule has 1 saturated carbocycles. The van der Waals surface area contributed by atoms with Crippen LogP contribution in [-0.2, 0) is 12.7 Å². The summed E-state index contributed by atoms with van der Waals surface area (Å²) in [4.78, 5) is 12.7. The van der Waals surface area contributed by atoms with E-state index in [0.29, 0.717) is 28.6 Å². The van der Waals surface area contributed by atoms with Crippen LogP contribution in [0.1, 0.15) is 40.6 Å². The fourth-order valence-corrected chi connectivity index (χ4v) is 2.96. The summed E-state index contributed by atoms with van der Waals surface area (Å²) in [7, 11) is 0. The molecule has 1 amide bonds. The Morgan fingerprint density at radius 3 is 2.50 bits per heavy atom. The highest BCUT2D eigenvalue weighted by Gasteiger charge is 2.30. The Morgan fingerprint density at radius 1 is 1.11 bits per heavy atom. The van der Waals surface area contributed by atoms with Crippen molar-refractivity contribution in [3.05, 3.63) is 65.5 Å². The molecule has 1 N–H and O–H groups in total. The van der Waals surface area contributed by atoms with Gasteiger partial charge in [0.05, 0.1) is 18.2 Å². The number of alkyl halides is 3. The molecule has 0 atom stereocenters. The van der Waals surface area contributed by atoms with Crippen LogP contribution in [0.5, 0.6) is 0 Å². The van der Waals surface area contributed by atoms with Crippen molar-refractivity contribution in [2.75, 3.05) is 0 Å². The minimum Gasteiger partial charge on any atom is -0.345 e. The average molecular weight is 387 g/mol. The smallest absolute Gasteiger partial charge is 0.345 e. The molecule has 0 bridgehead atoms. The number of amides is 1. The number of rotatable bonds is 5. The van der Waals surface area contributed by atoms with E-state index in [4.69, 9.17) is 0 Å². The maximum Gasteiger partial charge on any atom is 0.416 e. The third kappa shape index (κ3) is 3.73. The van der Waals surface area contributed by atoms with Gasteiger partial charge in [0.1, 0.15) is 0 Å². The Bertz CT molecular complexity index is 993. The van der Waals surface area contributed by atoms with Gasteiger partial charge in [-0.3, -0.25) is 4.79 Å². The highest BCUT2D eigenvalue weighted by molar-refractivity contribution is 6.00. The molecular formula is C19H16F3N5O. The van der Waals surface area contributed by atoms with Gasteiger partial charge in [-0.2, -0.15) is 13.2 Å². The van der Waals surface area contributed by atoms with E-state index in [0.717, 1.165) is 25.0 Å². The van der Waals surface area contributed by atoms with Gasteiger partial charge in [0.15, 0.2) is 5.82 Å². The summed E-state index contributed by atoms with van der Waals surface area (Å²) in [5, 5.41) is 14.3. The van der Waals surface area contributed by atoms with Crippen molar-refractivity contribution in [1.82, 2.24) is 25.5 Å². The van der Waals surface area contributed by atoms with Gasteiger partial charge in [-0.25, -0.2) is 4.68 Å². The lowest BCUT2D eigenvalue weighted by Crippen LogP contribution is -2.25. The predicted octanol–water partition coefficient (Wildman–Crippen LogP) is 3.62. The maximum atomic E-state index is 12.8. The number of aromatic nitrogens is 4. The van der Waals surface area contributed by atoms with Crippen LogP contribution >= 0.6 is 0 Å². The quantitative estimate of drug-likeness (QED) is 0.726. The maximum absolute atomic E-state index is 12.8. The van der Waals surface area contributed by atoms with E-state index in [1.165, 1.54) is 12.1 Å². The van der Waals surface area contributed by atoms with Crippen molar-refractivity contribution in [3.63, 3.8) is 0 Å². The van der Waals surface area contributed by atoms with Crippen LogP contribution in [0, 0.1) is 0 Å². The van der Waals surface area contributed by atoms with E-state index in [1.54, 1.807) is 28.9 Å². The minimum atomic E-state index is -4.40. The van der Waals surface area contributed by atoms with Crippen LogP contribution < -0.4 is 5.32 Å². The largest absolute Gasteiger partial charge is 0.416 e. The number of carbonyl (C=O) groups is 1. The van der Waals surface area contributed by atoms with E-state index in [2.05, 4.69) is 20.8 Å². The van der Waals surface area contributed by atoms with E-state index < -0.39 is 11.7 Å². The summed E-state index contributed by atoms with van der Waals surface area (Å²) in [6.45, 7) is 0.170. The van der Waals surface area contributed by atoms with Crippen LogP contribution in [0.4, 0.5) is 13.2 Å². The number of tetrazole rings is 1. The van der Waals surface area contributed by atoms with Crippen molar-refractivity contribution < 1.29 is 18.0 Å². The monoisotopic (exact) mass is 387 g/mol. The summed E-state index contributed by atoms with van der Waals surface area (Å²) < 4.78 is 40.0. The fourth-order valence-electron chi connectivity index (χ4n) is 2.96. The molecule has 9 heteroatoms. The number of halogens is 3. The Balaban J connectivity index is 1.53. The van der Waals surface area contributed by atoms with Gasteiger partial charge in [0.25, 0.3) is 5.91 Å². The molecule has 1 heterocycles. The first kappa shape index (κ1) is 18.1. The van der Waals surface area contributed by atoms with Gasteiger partial charge in [-0.1, -0.05) is 30.3 Å². The molecule has 0 saturated heterocycles. The molecule has 1 fully saturated rings. The lowest BCUT2D eigenvalue weighted by atomic mass is 9.98. The molecule has 2 aromatic carbocycles. The highest BCUT2D eigenvalue weighted by Crippen LogP contribution is 2.34. The van der Waals surface area contributed by atoms with Crippen LogP contribution in [0.3, 0.4) is 0 Å². The molecule has 0 unspecified atom stereocenters. The second-order valence-corrected chi connectivity index (χ2v) is 6.57. The van der Waals surface area contributed by atoms with E-state index >= 15 is 0 Å². The van der Waals surface area contributed by atoms with Crippen molar-refractivity contribution in [2.45, 2.75) is 31.6 Å². The van der Waals surface area contributed by atoms with Gasteiger partial charge in [0, 0.05) is 5.56 Å². The second-order valence-electron chi connectivity index (χ2n) is 6.57. The molecule has 28 heavy (non-hydrogen) atoms. The molecule has 144 valence electrons. The first-order valence-corrected chi connectivity index (χ1v) is 8.75. The van der Waals surface area contributed by atoms with Crippen LogP contribution in [0.2, 0.25) is 0 Å². The number of benzene rings is 2. The molecule has 0 spiro atoms. The summed E-state index contributed by atoms with van der Waals surface area (Å²) >= 11 is 0. The van der Waals surface area contributed by atoms with Gasteiger partial charge < -0.3 is 5.32 Å². The van der Waals surface area contributed by atoms with E-state index in [-0.39, 0.29) is 12.5 Å². The predicted molar refractivity (Wildman–Crippen MR) is 94.1 cm³/mol. The molecule has 0 aliphatic heterocycles. The average Bonchev–Trinajstić information content (AvgIpc) is 3.43. The Labute approximate surface area is 158 Å². The van der Waals surface area contributed by atoms with Crippen molar-refractivity contribution in [3.8, 4) is 11.1 Å². The lowest BCUT2D eigenvalue weighted by Gasteiger charge is -2.12. The molecule has 1 aromatic heterocycles. The zero-order valence-corrected chi connectivity index (χ0v) is 14.6. The second kappa shape index (κ2) is 7.06. The highest BCUT2D eigenvalue weighted by atomic mass is 19.4. The third-order valence-electron chi connectivity index (χ3n) is 4.56. The number of nitrogens with zero attached hydrogens (tertiary/aromatic N) is 4. The first-order valence-electron chi connectivity index (χ1n) is 8.75. The van der Waals surface area contributed by atoms with Gasteiger partial charge in [-0.15, -0.1) is 5.10 Å². The van der Waals surface area contributed by atoms with Crippen molar-refractivity contribution in [2.24, 2.45) is 0 Å². The normalized spacial score (nSPS) is 14.1. The van der Waals surface area contributed by atoms with Crippen molar-refractivity contribution in [1.29, 1.82) is 0 Å². The molecule has 3 aromatic rings. The molecule has 6 nitrogen and oxygen atoms in total. The van der Waals surface area contributed by atoms with Gasteiger partial charge in [-0.05, 0) is 52.6 Å². The van der Waals surface area contributed by atoms with E-state index in [9.17, 15) is 18.0 Å². The third-order valence-corrected chi connectivity index (χ3v) is 4.56. The van der Waals surface area contributed by atoms with Crippen LogP contribution in [0.15, 0.2) is 48.5 Å². The zero-order valence-electron chi connectivity index (χ0n) is 14.6. The fraction of sp³-hybridized carbons (Fsp3) is 0.263. The summed E-state index contributed by atoms with van der Waals surface area (Å²) in [5.41, 5.74) is 0.717. The standard InChI is InChI=1S/C19H16F3N5O/c20-19(21,22)13-7-5-12(6-8-13)15-3-1-2-4-16(15)18(28)23-11-17-24-25-26-27(17)14-9-10-14/h1-8,14H,9-11H2,(H,23,28). The first-order chi connectivity index (χ1) is 13.4. The van der Waals surface area contributed by atoms with Crippen molar-refractivity contribution >= 4 is 5.91 Å². The summed E-state index contributed by atoms with van der Waals surface area (Å²) in [6.07, 6.45) is -2.37. The SMILES string of the molecule is O=C(NCc1nnnn1C1CC1)c1ccccc1-c1ccc(C(F)(F)F)cc1. The van der Waals surface area contributed by atoms with Gasteiger partial charge in [0.2, 0.25) is 0 Å². The number of hydrogen-bond acceptors (Lipinski definition) is 4. The van der Waals surface area contributed by atoms with E-state index in [1.807, 2.05) is 0 Å². The number of hydrogen-bond donors (Lipinski definition) is 1. The minimum absolute atomic E-state index is 0.170. The topological polar surface area (TPSA) is 72.7 Å². The summed E-state index contributed by atoms with van der Waals surface area (Å²) in [5.74, 6) is 0.226. The van der Waals surface area contributed by atoms with Crippen LogP contribution in [0.25, 0.3) is 11.1 Å². The molecule has 1 aliphatic rings. The molecule has 4 rings (SSSR count). The Morgan fingerprint density at radius 2 is 1.82 bits per heavy atom. The Kier molecular flexibility index (Phi) is 4.58. The number of carbonyl (C=O) groups excluding carboxylic acids is 1. The molecular weight excluding hydrogens is 371 g/mol. The Hall–Kier alpha value is -3.23. The lowest BCUT2D eigenvalue weighted by molar-refractivity contribution is -0.137. The van der Waals surface area contributed by atoms with Crippen LogP contribution in [-0.4, -0.2) is 26.1 Å². The molecule has 1 aliphatic carbocycles. The zero-order chi connectivity index (χ0) is 19.7. The summed E-state index contributed by atoms with van der Waals surface area (Å²) in [6, 6.07) is 11.8. The number of nitrogens with one attached hydrogen (secondary N) is 1.